The van der Waals surface area contributed by atoms with Crippen LogP contribution in [-0.2, 0) is 11.2 Å². The fourth-order valence-corrected chi connectivity index (χ4v) is 3.67. The van der Waals surface area contributed by atoms with Crippen molar-refractivity contribution in [3.63, 3.8) is 0 Å². The number of nitrogens with zero attached hydrogens (tertiary/aromatic N) is 2. The molecule has 2 N–H and O–H groups in total. The summed E-state index contributed by atoms with van der Waals surface area (Å²) in [6.07, 6.45) is 2.43. The number of amides is 1. The molecule has 0 saturated carbocycles. The van der Waals surface area contributed by atoms with Gasteiger partial charge in [-0.2, -0.15) is 0 Å². The first-order valence-corrected chi connectivity index (χ1v) is 8.96. The lowest BCUT2D eigenvalue weighted by atomic mass is 9.92. The van der Waals surface area contributed by atoms with Crippen LogP contribution in [0.4, 0.5) is 0 Å². The van der Waals surface area contributed by atoms with Gasteiger partial charge in [-0.15, -0.1) is 11.3 Å². The fraction of sp³-hybridized carbons (Fsp3) is 0.529. The molecular formula is C17H23N3O2S. The van der Waals surface area contributed by atoms with Gasteiger partial charge in [-0.3, -0.25) is 4.79 Å². The molecule has 2 aromatic rings. The van der Waals surface area contributed by atoms with Crippen molar-refractivity contribution in [3.05, 3.63) is 29.0 Å². The first-order chi connectivity index (χ1) is 11.0. The molecule has 23 heavy (non-hydrogen) atoms. The van der Waals surface area contributed by atoms with Gasteiger partial charge in [0.05, 0.1) is 17.0 Å². The fourth-order valence-electron chi connectivity index (χ4n) is 3.02. The standard InChI is InChI=1S/C17H23N3O2S/c1-11(18)13-5-3-7-20(10-13)16(21)9-14-12(2)22-17(19-14)15-6-4-8-23-15/h4,6,8,11,13H,3,5,7,9-10,18H2,1-2H3. The van der Waals surface area contributed by atoms with Crippen molar-refractivity contribution in [2.24, 2.45) is 11.7 Å². The predicted molar refractivity (Wildman–Crippen MR) is 91.2 cm³/mol. The zero-order valence-corrected chi connectivity index (χ0v) is 14.4. The van der Waals surface area contributed by atoms with Crippen LogP contribution in [0.25, 0.3) is 10.8 Å². The molecule has 1 aliphatic rings. The van der Waals surface area contributed by atoms with Crippen molar-refractivity contribution in [1.82, 2.24) is 9.88 Å². The van der Waals surface area contributed by atoms with Crippen molar-refractivity contribution < 1.29 is 9.21 Å². The van der Waals surface area contributed by atoms with Crippen LogP contribution in [0.5, 0.6) is 0 Å². The molecule has 0 bridgehead atoms. The van der Waals surface area contributed by atoms with Crippen LogP contribution in [-0.4, -0.2) is 34.9 Å². The lowest BCUT2D eigenvalue weighted by molar-refractivity contribution is -0.132. The molecule has 0 spiro atoms. The Labute approximate surface area is 140 Å². The van der Waals surface area contributed by atoms with Gasteiger partial charge in [0, 0.05) is 19.1 Å². The number of thiophene rings is 1. The highest BCUT2D eigenvalue weighted by atomic mass is 32.1. The van der Waals surface area contributed by atoms with Crippen LogP contribution < -0.4 is 5.73 Å². The van der Waals surface area contributed by atoms with E-state index in [9.17, 15) is 4.79 Å². The minimum Gasteiger partial charge on any atom is -0.440 e. The predicted octanol–water partition coefficient (Wildman–Crippen LogP) is 2.84. The summed E-state index contributed by atoms with van der Waals surface area (Å²) in [4.78, 5) is 20.0. The number of carbonyl (C=O) groups is 1. The first-order valence-electron chi connectivity index (χ1n) is 8.08. The van der Waals surface area contributed by atoms with E-state index in [0.29, 0.717) is 18.2 Å². The molecule has 0 aromatic carbocycles. The van der Waals surface area contributed by atoms with Crippen molar-refractivity contribution in [2.45, 2.75) is 39.2 Å². The van der Waals surface area contributed by atoms with Crippen molar-refractivity contribution in [2.75, 3.05) is 13.1 Å². The second kappa shape index (κ2) is 6.84. The summed E-state index contributed by atoms with van der Waals surface area (Å²) in [6.45, 7) is 5.46. The maximum Gasteiger partial charge on any atom is 0.236 e. The highest BCUT2D eigenvalue weighted by Gasteiger charge is 2.27. The van der Waals surface area contributed by atoms with Crippen LogP contribution in [0.15, 0.2) is 21.9 Å². The molecule has 1 aliphatic heterocycles. The smallest absolute Gasteiger partial charge is 0.236 e. The molecule has 0 radical (unpaired) electrons. The second-order valence-electron chi connectivity index (χ2n) is 6.28. The molecule has 5 nitrogen and oxygen atoms in total. The third-order valence-electron chi connectivity index (χ3n) is 4.50. The van der Waals surface area contributed by atoms with E-state index in [4.69, 9.17) is 10.2 Å². The van der Waals surface area contributed by atoms with Crippen LogP contribution in [0, 0.1) is 12.8 Å². The van der Waals surface area contributed by atoms with Gasteiger partial charge in [0.2, 0.25) is 11.8 Å². The number of rotatable bonds is 4. The highest BCUT2D eigenvalue weighted by molar-refractivity contribution is 7.13. The Hall–Kier alpha value is -1.66. The number of hydrogen-bond donors (Lipinski definition) is 1. The number of oxazole rings is 1. The summed E-state index contributed by atoms with van der Waals surface area (Å²) < 4.78 is 5.72. The third-order valence-corrected chi connectivity index (χ3v) is 5.36. The maximum atomic E-state index is 12.6. The average molecular weight is 333 g/mol. The second-order valence-corrected chi connectivity index (χ2v) is 7.22. The van der Waals surface area contributed by atoms with Gasteiger partial charge in [-0.05, 0) is 44.1 Å². The Bertz CT molecular complexity index is 663. The van der Waals surface area contributed by atoms with Gasteiger partial charge in [0.15, 0.2) is 0 Å². The zero-order chi connectivity index (χ0) is 16.4. The molecule has 6 heteroatoms. The van der Waals surface area contributed by atoms with E-state index < -0.39 is 0 Å². The summed E-state index contributed by atoms with van der Waals surface area (Å²) in [7, 11) is 0. The van der Waals surface area contributed by atoms with Gasteiger partial charge >= 0.3 is 0 Å². The van der Waals surface area contributed by atoms with Crippen molar-refractivity contribution in [1.29, 1.82) is 0 Å². The molecule has 3 heterocycles. The Morgan fingerprint density at radius 1 is 1.61 bits per heavy atom. The van der Waals surface area contributed by atoms with Gasteiger partial charge in [0.1, 0.15) is 5.76 Å². The summed E-state index contributed by atoms with van der Waals surface area (Å²) >= 11 is 1.58. The van der Waals surface area contributed by atoms with Gasteiger partial charge in [-0.25, -0.2) is 4.98 Å². The van der Waals surface area contributed by atoms with E-state index >= 15 is 0 Å². The largest absolute Gasteiger partial charge is 0.440 e. The Balaban J connectivity index is 1.68. The summed E-state index contributed by atoms with van der Waals surface area (Å²) in [5.74, 6) is 1.84. The molecule has 2 unspecified atom stereocenters. The Kier molecular flexibility index (Phi) is 4.82. The number of aryl methyl sites for hydroxylation is 1. The first kappa shape index (κ1) is 16.2. The van der Waals surface area contributed by atoms with Crippen LogP contribution >= 0.6 is 11.3 Å². The maximum absolute atomic E-state index is 12.6. The van der Waals surface area contributed by atoms with Gasteiger partial charge in [0.25, 0.3) is 0 Å². The molecule has 124 valence electrons. The number of aromatic nitrogens is 1. The molecule has 2 aromatic heterocycles. The van der Waals surface area contributed by atoms with E-state index in [-0.39, 0.29) is 11.9 Å². The van der Waals surface area contributed by atoms with E-state index in [1.54, 1.807) is 11.3 Å². The molecule has 1 amide bonds. The Morgan fingerprint density at radius 2 is 2.43 bits per heavy atom. The lowest BCUT2D eigenvalue weighted by Crippen LogP contribution is -2.45. The number of piperidine rings is 1. The monoisotopic (exact) mass is 333 g/mol. The minimum atomic E-state index is 0.115. The molecule has 0 aliphatic carbocycles. The highest BCUT2D eigenvalue weighted by Crippen LogP contribution is 2.26. The summed E-state index contributed by atoms with van der Waals surface area (Å²) in [5, 5.41) is 1.99. The van der Waals surface area contributed by atoms with E-state index in [1.165, 1.54) is 0 Å². The average Bonchev–Trinajstić information content (AvgIpc) is 3.18. The molecule has 1 fully saturated rings. The van der Waals surface area contributed by atoms with Crippen molar-refractivity contribution >= 4 is 17.2 Å². The van der Waals surface area contributed by atoms with Crippen LogP contribution in [0.3, 0.4) is 0 Å². The summed E-state index contributed by atoms with van der Waals surface area (Å²) in [6, 6.07) is 4.07. The quantitative estimate of drug-likeness (QED) is 0.934. The Morgan fingerprint density at radius 3 is 3.13 bits per heavy atom. The zero-order valence-electron chi connectivity index (χ0n) is 13.6. The number of nitrogens with two attached hydrogens (primary N) is 1. The van der Waals surface area contributed by atoms with Crippen LogP contribution in [0.1, 0.15) is 31.2 Å². The molecule has 2 atom stereocenters. The topological polar surface area (TPSA) is 72.4 Å². The van der Waals surface area contributed by atoms with Gasteiger partial charge < -0.3 is 15.1 Å². The van der Waals surface area contributed by atoms with E-state index in [2.05, 4.69) is 4.98 Å². The normalized spacial score (nSPS) is 19.8. The lowest BCUT2D eigenvalue weighted by Gasteiger charge is -2.34. The van der Waals surface area contributed by atoms with E-state index in [0.717, 1.165) is 42.3 Å². The van der Waals surface area contributed by atoms with Crippen LogP contribution in [0.2, 0.25) is 0 Å². The summed E-state index contributed by atoms with van der Waals surface area (Å²) in [5.41, 5.74) is 6.74. The number of likely N-dealkylation sites (tertiary alicyclic amines) is 1. The molecule has 1 saturated heterocycles. The van der Waals surface area contributed by atoms with Gasteiger partial charge in [-0.1, -0.05) is 6.07 Å². The van der Waals surface area contributed by atoms with Crippen molar-refractivity contribution in [3.8, 4) is 10.8 Å². The third kappa shape index (κ3) is 3.64. The number of carbonyl (C=O) groups excluding carboxylic acids is 1. The molecule has 3 rings (SSSR count). The van der Waals surface area contributed by atoms with E-state index in [1.807, 2.05) is 36.3 Å². The number of hydrogen-bond acceptors (Lipinski definition) is 5. The SMILES string of the molecule is Cc1oc(-c2cccs2)nc1CC(=O)N1CCCC(C(C)N)C1. The minimum absolute atomic E-state index is 0.115. The molecular weight excluding hydrogens is 310 g/mol.